The summed E-state index contributed by atoms with van der Waals surface area (Å²) < 4.78 is 7.19. The van der Waals surface area contributed by atoms with Crippen molar-refractivity contribution in [2.45, 2.75) is 115 Å². The maximum Gasteiger partial charge on any atom is 0.126 e. The van der Waals surface area contributed by atoms with Gasteiger partial charge >= 0.3 is 0 Å². The zero-order valence-electron chi connectivity index (χ0n) is 21.4. The van der Waals surface area contributed by atoms with Crippen LogP contribution in [0.15, 0.2) is 12.1 Å². The average molecular weight is 448 g/mol. The van der Waals surface area contributed by atoms with Gasteiger partial charge in [-0.2, -0.15) is 0 Å². The number of likely N-dealkylation sites (tertiary alicyclic amines) is 1. The number of piperidine rings is 1. The van der Waals surface area contributed by atoms with Crippen LogP contribution in [0.2, 0.25) is 0 Å². The van der Waals surface area contributed by atoms with E-state index in [4.69, 9.17) is 4.74 Å². The van der Waals surface area contributed by atoms with Crippen molar-refractivity contribution in [2.24, 2.45) is 28.1 Å². The Bertz CT molecular complexity index is 1110. The van der Waals surface area contributed by atoms with Gasteiger partial charge < -0.3 is 9.84 Å². The monoisotopic (exact) mass is 447 g/mol. The number of hydrogen-bond donors (Lipinski definition) is 1. The first-order valence-electron chi connectivity index (χ1n) is 13.7. The maximum absolute atomic E-state index is 12.2. The summed E-state index contributed by atoms with van der Waals surface area (Å²) in [6, 6.07) is 5.48. The molecule has 0 aromatic heterocycles. The highest BCUT2D eigenvalue weighted by molar-refractivity contribution is 5.65. The van der Waals surface area contributed by atoms with Gasteiger partial charge in [-0.3, -0.25) is 4.90 Å². The second-order valence-electron chi connectivity index (χ2n) is 15.0. The second-order valence-corrected chi connectivity index (χ2v) is 15.0. The Morgan fingerprint density at radius 3 is 2.61 bits per heavy atom. The zero-order valence-corrected chi connectivity index (χ0v) is 21.4. The van der Waals surface area contributed by atoms with Crippen LogP contribution in [0.4, 0.5) is 0 Å². The number of hydrogen-bond acceptors (Lipinski definition) is 3. The van der Waals surface area contributed by atoms with E-state index >= 15 is 0 Å². The molecule has 0 amide bonds. The van der Waals surface area contributed by atoms with Crippen molar-refractivity contribution in [3.63, 3.8) is 0 Å². The number of benzene rings is 1. The molecule has 9 atom stereocenters. The third-order valence-corrected chi connectivity index (χ3v) is 12.8. The number of fused-ring (bicyclic) bond motifs is 2. The lowest BCUT2D eigenvalue weighted by Crippen LogP contribution is -2.73. The van der Waals surface area contributed by atoms with Gasteiger partial charge in [0.1, 0.15) is 11.9 Å². The zero-order chi connectivity index (χ0) is 23.0. The lowest BCUT2D eigenvalue weighted by molar-refractivity contribution is -0.246. The minimum absolute atomic E-state index is 0.0118. The molecule has 5 saturated carbocycles. The average Bonchev–Trinajstić information content (AvgIpc) is 3.59. The third kappa shape index (κ3) is 1.86. The van der Waals surface area contributed by atoms with Gasteiger partial charge in [0.25, 0.3) is 0 Å². The normalized spacial score (nSPS) is 51.6. The molecule has 4 bridgehead atoms. The molecule has 2 heterocycles. The van der Waals surface area contributed by atoms with Gasteiger partial charge in [-0.15, -0.1) is 0 Å². The molecule has 8 aliphatic rings. The highest BCUT2D eigenvalue weighted by Crippen LogP contribution is 2.86. The Balaban J connectivity index is 1.37. The van der Waals surface area contributed by atoms with E-state index < -0.39 is 5.60 Å². The molecule has 1 aromatic carbocycles. The predicted molar refractivity (Wildman–Crippen MR) is 130 cm³/mol. The molecule has 6 aliphatic carbocycles. The topological polar surface area (TPSA) is 32.5 Å². The number of rotatable bonds is 3. The van der Waals surface area contributed by atoms with E-state index in [0.29, 0.717) is 11.6 Å². The molecule has 6 unspecified atom stereocenters. The van der Waals surface area contributed by atoms with Crippen LogP contribution in [0.5, 0.6) is 5.75 Å². The summed E-state index contributed by atoms with van der Waals surface area (Å²) in [7, 11) is 0. The lowest BCUT2D eigenvalue weighted by Gasteiger charge is -2.70. The summed E-state index contributed by atoms with van der Waals surface area (Å²) in [5.41, 5.74) is 4.47. The van der Waals surface area contributed by atoms with Crippen molar-refractivity contribution >= 4 is 0 Å². The molecule has 3 heteroatoms. The predicted octanol–water partition coefficient (Wildman–Crippen LogP) is 5.39. The largest absolute Gasteiger partial charge is 0.488 e. The molecule has 33 heavy (non-hydrogen) atoms. The maximum atomic E-state index is 12.2. The number of aryl methyl sites for hydroxylation is 1. The van der Waals surface area contributed by atoms with Crippen LogP contribution in [0.25, 0.3) is 0 Å². The summed E-state index contributed by atoms with van der Waals surface area (Å²) in [6.45, 7) is 14.9. The van der Waals surface area contributed by atoms with Crippen LogP contribution in [-0.4, -0.2) is 39.8 Å². The van der Waals surface area contributed by atoms with Gasteiger partial charge in [0, 0.05) is 39.9 Å². The van der Waals surface area contributed by atoms with Gasteiger partial charge in [0.15, 0.2) is 0 Å². The number of ether oxygens (including phenoxy) is 1. The molecule has 6 fully saturated rings. The van der Waals surface area contributed by atoms with E-state index in [9.17, 15) is 5.11 Å². The smallest absolute Gasteiger partial charge is 0.126 e. The van der Waals surface area contributed by atoms with E-state index in [-0.39, 0.29) is 33.7 Å². The number of aliphatic hydroxyl groups is 1. The molecule has 1 N–H and O–H groups in total. The fourth-order valence-electron chi connectivity index (χ4n) is 10.8. The van der Waals surface area contributed by atoms with Crippen LogP contribution < -0.4 is 4.74 Å². The molecular weight excluding hydrogens is 406 g/mol. The first kappa shape index (κ1) is 20.2. The van der Waals surface area contributed by atoms with E-state index in [1.54, 1.807) is 11.1 Å². The minimum atomic E-state index is -0.715. The van der Waals surface area contributed by atoms with E-state index in [1.165, 1.54) is 62.8 Å². The summed E-state index contributed by atoms with van der Waals surface area (Å²) in [6.07, 6.45) is 9.31. The quantitative estimate of drug-likeness (QED) is 0.631. The number of nitrogens with zero attached hydrogens (tertiary/aromatic N) is 1. The van der Waals surface area contributed by atoms with Gasteiger partial charge in [-0.05, 0) is 87.2 Å². The SMILES string of the molecule is Cc1ccc2c3c1OC1C4(C)CCC5(CC4C(C)(O)C(C)(C)C)[C@@H]4N(CC6CC6)[C@]4(C2)C[C@]315. The summed E-state index contributed by atoms with van der Waals surface area (Å²) >= 11 is 0. The third-order valence-electron chi connectivity index (χ3n) is 12.8. The van der Waals surface area contributed by atoms with E-state index in [1.807, 2.05) is 0 Å². The summed E-state index contributed by atoms with van der Waals surface area (Å²) in [5, 5.41) is 12.2. The van der Waals surface area contributed by atoms with Gasteiger partial charge in [-0.25, -0.2) is 0 Å². The van der Waals surface area contributed by atoms with Crippen molar-refractivity contribution in [2.75, 3.05) is 6.54 Å². The fraction of sp³-hybridized carbons (Fsp3) is 0.800. The fourth-order valence-corrected chi connectivity index (χ4v) is 10.8. The molecular formula is C30H41NO2. The lowest BCUT2D eigenvalue weighted by atomic mass is 9.35. The minimum Gasteiger partial charge on any atom is -0.488 e. The van der Waals surface area contributed by atoms with Gasteiger partial charge in [0.2, 0.25) is 0 Å². The molecule has 1 saturated heterocycles. The molecule has 2 aliphatic heterocycles. The second kappa shape index (κ2) is 5.21. The first-order valence-corrected chi connectivity index (χ1v) is 13.7. The summed E-state index contributed by atoms with van der Waals surface area (Å²) in [5.74, 6) is 2.44. The molecule has 178 valence electrons. The van der Waals surface area contributed by atoms with Crippen LogP contribution in [0.1, 0.15) is 89.8 Å². The van der Waals surface area contributed by atoms with Crippen molar-refractivity contribution in [1.82, 2.24) is 4.90 Å². The van der Waals surface area contributed by atoms with Crippen molar-refractivity contribution < 1.29 is 9.84 Å². The van der Waals surface area contributed by atoms with Crippen molar-refractivity contribution in [3.8, 4) is 5.75 Å². The molecule has 3 spiro atoms. The van der Waals surface area contributed by atoms with Crippen LogP contribution >= 0.6 is 0 Å². The highest BCUT2D eigenvalue weighted by Gasteiger charge is 2.91. The van der Waals surface area contributed by atoms with Crippen LogP contribution in [0.3, 0.4) is 0 Å². The van der Waals surface area contributed by atoms with Gasteiger partial charge in [0.05, 0.1) is 5.60 Å². The van der Waals surface area contributed by atoms with E-state index in [2.05, 4.69) is 58.6 Å². The van der Waals surface area contributed by atoms with Crippen molar-refractivity contribution in [3.05, 3.63) is 28.8 Å². The summed E-state index contributed by atoms with van der Waals surface area (Å²) in [4.78, 5) is 2.98. The van der Waals surface area contributed by atoms with Crippen molar-refractivity contribution in [1.29, 1.82) is 0 Å². The Hall–Kier alpha value is -1.06. The Labute approximate surface area is 199 Å². The van der Waals surface area contributed by atoms with Crippen LogP contribution in [-0.2, 0) is 11.8 Å². The Kier molecular flexibility index (Phi) is 3.19. The Morgan fingerprint density at radius 2 is 1.91 bits per heavy atom. The van der Waals surface area contributed by atoms with Gasteiger partial charge in [-0.1, -0.05) is 39.8 Å². The molecule has 9 rings (SSSR count). The Morgan fingerprint density at radius 1 is 1.15 bits per heavy atom. The highest BCUT2D eigenvalue weighted by atomic mass is 16.5. The first-order chi connectivity index (χ1) is 15.4. The van der Waals surface area contributed by atoms with Crippen LogP contribution in [0, 0.1) is 35.0 Å². The standard InChI is InChI=1S/C30H41NO2/c1-17-7-10-19-13-29-16-30-21(19)22(17)33-24(30)26(5)11-12-28(30,23(29)31(29)15-18-8-9-18)14-20(26)27(6,32)25(2,3)4/h7,10,18,20,23-24,32H,8-9,11-16H2,1-6H3/t20?,23-,24?,26?,27?,28?,29+,30-,31?/m0/s1. The van der Waals surface area contributed by atoms with E-state index in [0.717, 1.165) is 5.92 Å². The molecule has 1 aromatic rings. The molecule has 0 radical (unpaired) electrons. The molecule has 3 nitrogen and oxygen atoms in total.